The molecule has 2 N–H and O–H groups in total. The standard InChI is InChI=1S/C9H22N2O2/c1-3-10-4-5-11(6-8-12)7-9-13-2/h10,12H,3-9H2,1-2H3. The molecule has 0 fully saturated rings. The van der Waals surface area contributed by atoms with Gasteiger partial charge in [-0.15, -0.1) is 0 Å². The van der Waals surface area contributed by atoms with Gasteiger partial charge in [-0.25, -0.2) is 0 Å². The summed E-state index contributed by atoms with van der Waals surface area (Å²) >= 11 is 0. The highest BCUT2D eigenvalue weighted by Gasteiger charge is 2.02. The van der Waals surface area contributed by atoms with Crippen molar-refractivity contribution in [1.29, 1.82) is 0 Å². The zero-order chi connectivity index (χ0) is 9.94. The van der Waals surface area contributed by atoms with Gasteiger partial charge in [-0.05, 0) is 6.54 Å². The summed E-state index contributed by atoms with van der Waals surface area (Å²) in [5, 5.41) is 12.0. The third-order valence-electron chi connectivity index (χ3n) is 1.88. The van der Waals surface area contributed by atoms with Gasteiger partial charge in [-0.2, -0.15) is 0 Å². The van der Waals surface area contributed by atoms with Crippen molar-refractivity contribution in [1.82, 2.24) is 10.2 Å². The fraction of sp³-hybridized carbons (Fsp3) is 1.00. The molecule has 0 saturated carbocycles. The molecule has 0 atom stereocenters. The lowest BCUT2D eigenvalue weighted by molar-refractivity contribution is 0.131. The van der Waals surface area contributed by atoms with Crippen LogP contribution in [0.5, 0.6) is 0 Å². The summed E-state index contributed by atoms with van der Waals surface area (Å²) in [6, 6.07) is 0. The molecule has 0 aromatic carbocycles. The topological polar surface area (TPSA) is 44.7 Å². The van der Waals surface area contributed by atoms with Crippen LogP contribution in [0.3, 0.4) is 0 Å². The molecule has 0 aromatic rings. The Labute approximate surface area is 80.9 Å². The number of aliphatic hydroxyl groups excluding tert-OH is 1. The molecule has 0 radical (unpaired) electrons. The van der Waals surface area contributed by atoms with Crippen molar-refractivity contribution in [3.63, 3.8) is 0 Å². The number of nitrogens with zero attached hydrogens (tertiary/aromatic N) is 1. The summed E-state index contributed by atoms with van der Waals surface area (Å²) in [6.45, 7) is 7.60. The predicted molar refractivity (Wildman–Crippen MR) is 53.9 cm³/mol. The monoisotopic (exact) mass is 190 g/mol. The van der Waals surface area contributed by atoms with Crippen molar-refractivity contribution in [3.8, 4) is 0 Å². The fourth-order valence-electron chi connectivity index (χ4n) is 1.11. The lowest BCUT2D eigenvalue weighted by atomic mass is 10.4. The van der Waals surface area contributed by atoms with E-state index in [0.717, 1.165) is 39.3 Å². The molecule has 0 heterocycles. The summed E-state index contributed by atoms with van der Waals surface area (Å²) in [5.74, 6) is 0. The number of hydrogen-bond donors (Lipinski definition) is 2. The van der Waals surface area contributed by atoms with E-state index in [-0.39, 0.29) is 6.61 Å². The van der Waals surface area contributed by atoms with Crippen molar-refractivity contribution >= 4 is 0 Å². The molecule has 80 valence electrons. The SMILES string of the molecule is CCNCCN(CCO)CCOC. The van der Waals surface area contributed by atoms with Crippen LogP contribution in [0.25, 0.3) is 0 Å². The molecule has 0 aliphatic rings. The summed E-state index contributed by atoms with van der Waals surface area (Å²) in [5.41, 5.74) is 0. The molecule has 4 heteroatoms. The molecule has 0 aliphatic carbocycles. The largest absolute Gasteiger partial charge is 0.395 e. The van der Waals surface area contributed by atoms with Crippen LogP contribution in [0, 0.1) is 0 Å². The van der Waals surface area contributed by atoms with Gasteiger partial charge in [0.1, 0.15) is 0 Å². The Balaban J connectivity index is 3.41. The van der Waals surface area contributed by atoms with Crippen LogP contribution in [-0.4, -0.2) is 63.1 Å². The van der Waals surface area contributed by atoms with Crippen LogP contribution in [0.2, 0.25) is 0 Å². The van der Waals surface area contributed by atoms with Crippen LogP contribution in [0.4, 0.5) is 0 Å². The first-order valence-electron chi connectivity index (χ1n) is 4.88. The lowest BCUT2D eigenvalue weighted by Crippen LogP contribution is -2.36. The summed E-state index contributed by atoms with van der Waals surface area (Å²) in [4.78, 5) is 2.19. The van der Waals surface area contributed by atoms with E-state index in [9.17, 15) is 0 Å². The Morgan fingerprint density at radius 3 is 2.62 bits per heavy atom. The molecule has 0 spiro atoms. The van der Waals surface area contributed by atoms with E-state index >= 15 is 0 Å². The molecule has 0 unspecified atom stereocenters. The van der Waals surface area contributed by atoms with Gasteiger partial charge in [0.25, 0.3) is 0 Å². The Bertz CT molecular complexity index is 102. The average molecular weight is 190 g/mol. The lowest BCUT2D eigenvalue weighted by Gasteiger charge is -2.20. The van der Waals surface area contributed by atoms with Gasteiger partial charge in [-0.1, -0.05) is 6.92 Å². The molecule has 4 nitrogen and oxygen atoms in total. The van der Waals surface area contributed by atoms with E-state index < -0.39 is 0 Å². The first-order chi connectivity index (χ1) is 6.35. The third-order valence-corrected chi connectivity index (χ3v) is 1.88. The first-order valence-corrected chi connectivity index (χ1v) is 4.88. The van der Waals surface area contributed by atoms with Crippen LogP contribution >= 0.6 is 0 Å². The Hall–Kier alpha value is -0.160. The minimum Gasteiger partial charge on any atom is -0.395 e. The molecule has 0 aromatic heterocycles. The maximum atomic E-state index is 8.79. The van der Waals surface area contributed by atoms with Gasteiger partial charge in [0.15, 0.2) is 0 Å². The first kappa shape index (κ1) is 12.8. The van der Waals surface area contributed by atoms with E-state index in [0.29, 0.717) is 0 Å². The van der Waals surface area contributed by atoms with E-state index in [4.69, 9.17) is 9.84 Å². The highest BCUT2D eigenvalue weighted by Crippen LogP contribution is 1.86. The van der Waals surface area contributed by atoms with Crippen LogP contribution in [0.1, 0.15) is 6.92 Å². The van der Waals surface area contributed by atoms with Crippen molar-refractivity contribution in [2.75, 3.05) is 53.0 Å². The van der Waals surface area contributed by atoms with Crippen molar-refractivity contribution in [2.45, 2.75) is 6.92 Å². The van der Waals surface area contributed by atoms with Gasteiger partial charge in [-0.3, -0.25) is 4.90 Å². The molecule has 0 aliphatic heterocycles. The highest BCUT2D eigenvalue weighted by molar-refractivity contribution is 4.58. The summed E-state index contributed by atoms with van der Waals surface area (Å²) in [7, 11) is 1.70. The molecule has 0 rings (SSSR count). The zero-order valence-corrected chi connectivity index (χ0v) is 8.75. The maximum Gasteiger partial charge on any atom is 0.0589 e. The quantitative estimate of drug-likeness (QED) is 0.483. The Morgan fingerprint density at radius 1 is 1.31 bits per heavy atom. The molecule has 0 saturated heterocycles. The van der Waals surface area contributed by atoms with E-state index in [1.165, 1.54) is 0 Å². The normalized spacial score (nSPS) is 11.1. The fourth-order valence-corrected chi connectivity index (χ4v) is 1.11. The molecular formula is C9H22N2O2. The van der Waals surface area contributed by atoms with Gasteiger partial charge < -0.3 is 15.2 Å². The van der Waals surface area contributed by atoms with E-state index in [1.807, 2.05) is 0 Å². The number of likely N-dealkylation sites (N-methyl/N-ethyl adjacent to an activating group) is 1. The number of rotatable bonds is 9. The van der Waals surface area contributed by atoms with Crippen LogP contribution in [-0.2, 0) is 4.74 Å². The van der Waals surface area contributed by atoms with E-state index in [2.05, 4.69) is 17.1 Å². The number of aliphatic hydroxyl groups is 1. The Kier molecular flexibility index (Phi) is 9.80. The number of ether oxygens (including phenoxy) is 1. The predicted octanol–water partition coefficient (Wildman–Crippen LogP) is -0.463. The van der Waals surface area contributed by atoms with Crippen LogP contribution < -0.4 is 5.32 Å². The van der Waals surface area contributed by atoms with Crippen LogP contribution in [0.15, 0.2) is 0 Å². The highest BCUT2D eigenvalue weighted by atomic mass is 16.5. The molecule has 0 bridgehead atoms. The van der Waals surface area contributed by atoms with Gasteiger partial charge in [0.05, 0.1) is 13.2 Å². The Morgan fingerprint density at radius 2 is 2.08 bits per heavy atom. The minimum atomic E-state index is 0.218. The molecule has 13 heavy (non-hydrogen) atoms. The van der Waals surface area contributed by atoms with Crippen molar-refractivity contribution < 1.29 is 9.84 Å². The number of methoxy groups -OCH3 is 1. The van der Waals surface area contributed by atoms with Gasteiger partial charge in [0.2, 0.25) is 0 Å². The van der Waals surface area contributed by atoms with E-state index in [1.54, 1.807) is 7.11 Å². The second-order valence-electron chi connectivity index (χ2n) is 2.91. The maximum absolute atomic E-state index is 8.79. The minimum absolute atomic E-state index is 0.218. The van der Waals surface area contributed by atoms with Crippen molar-refractivity contribution in [2.24, 2.45) is 0 Å². The second-order valence-corrected chi connectivity index (χ2v) is 2.91. The summed E-state index contributed by atoms with van der Waals surface area (Å²) < 4.78 is 4.98. The second kappa shape index (κ2) is 9.92. The summed E-state index contributed by atoms with van der Waals surface area (Å²) in [6.07, 6.45) is 0. The molecule has 0 amide bonds. The number of hydrogen-bond acceptors (Lipinski definition) is 4. The molecular weight excluding hydrogens is 168 g/mol. The smallest absolute Gasteiger partial charge is 0.0589 e. The van der Waals surface area contributed by atoms with Crippen molar-refractivity contribution in [3.05, 3.63) is 0 Å². The van der Waals surface area contributed by atoms with Gasteiger partial charge >= 0.3 is 0 Å². The third kappa shape index (κ3) is 8.18. The average Bonchev–Trinajstić information content (AvgIpc) is 2.14. The van der Waals surface area contributed by atoms with Gasteiger partial charge in [0, 0.05) is 33.3 Å². The number of nitrogens with one attached hydrogen (secondary N) is 1. The zero-order valence-electron chi connectivity index (χ0n) is 8.75.